The zero-order valence-electron chi connectivity index (χ0n) is 26.0. The first-order chi connectivity index (χ1) is 22.7. The quantitative estimate of drug-likeness (QED) is 0.159. The monoisotopic (exact) mass is 737 g/mol. The van der Waals surface area contributed by atoms with Gasteiger partial charge in [0.05, 0.1) is 22.7 Å². The van der Waals surface area contributed by atoms with Gasteiger partial charge in [-0.05, 0) is 66.4 Å². The standard InChI is InChI=1S/C36H37BrClN3O5S/c1-46-34-20-19-30(23-32(34)38)41(47(44,45)31-17-6-3-7-18-31)25-35(42)40(24-27-13-10-14-28(37)21-27)33(22-26-11-4-2-5-12-26)36(43)39-29-15-8-9-16-29/h2-7,10-14,17-21,23,29,33H,8-9,15-16,22,24-25H2,1H3,(H,39,43). The number of anilines is 1. The number of ether oxygens (including phenoxy) is 1. The van der Waals surface area contributed by atoms with E-state index in [0.29, 0.717) is 5.75 Å². The van der Waals surface area contributed by atoms with Crippen molar-refractivity contribution in [2.75, 3.05) is 18.0 Å². The van der Waals surface area contributed by atoms with Gasteiger partial charge in [-0.2, -0.15) is 0 Å². The first-order valence-corrected chi connectivity index (χ1v) is 18.1. The summed E-state index contributed by atoms with van der Waals surface area (Å²) in [6, 6.07) is 28.6. The Balaban J connectivity index is 1.58. The van der Waals surface area contributed by atoms with Gasteiger partial charge in [-0.25, -0.2) is 8.42 Å². The van der Waals surface area contributed by atoms with Crippen LogP contribution in [0.3, 0.4) is 0 Å². The van der Waals surface area contributed by atoms with E-state index in [1.165, 1.54) is 30.2 Å². The number of amides is 2. The molecule has 11 heteroatoms. The summed E-state index contributed by atoms with van der Waals surface area (Å²) in [5.41, 5.74) is 1.84. The lowest BCUT2D eigenvalue weighted by atomic mass is 10.0. The van der Waals surface area contributed by atoms with Crippen molar-refractivity contribution in [2.45, 2.75) is 55.6 Å². The largest absolute Gasteiger partial charge is 0.495 e. The molecule has 1 unspecified atom stereocenters. The van der Waals surface area contributed by atoms with Crippen molar-refractivity contribution < 1.29 is 22.7 Å². The molecule has 0 saturated heterocycles. The third-order valence-corrected chi connectivity index (χ3v) is 10.8. The highest BCUT2D eigenvalue weighted by molar-refractivity contribution is 9.10. The summed E-state index contributed by atoms with van der Waals surface area (Å²) < 4.78 is 35.5. The van der Waals surface area contributed by atoms with Crippen LogP contribution in [0.2, 0.25) is 5.02 Å². The highest BCUT2D eigenvalue weighted by Crippen LogP contribution is 2.32. The van der Waals surface area contributed by atoms with Crippen LogP contribution < -0.4 is 14.4 Å². The fourth-order valence-corrected chi connectivity index (χ4v) is 7.94. The minimum Gasteiger partial charge on any atom is -0.495 e. The Bertz CT molecular complexity index is 1790. The van der Waals surface area contributed by atoms with E-state index < -0.39 is 28.5 Å². The maximum absolute atomic E-state index is 14.6. The average molecular weight is 739 g/mol. The van der Waals surface area contributed by atoms with Crippen molar-refractivity contribution in [1.29, 1.82) is 0 Å². The summed E-state index contributed by atoms with van der Waals surface area (Å²) in [6.45, 7) is -0.494. The predicted molar refractivity (Wildman–Crippen MR) is 188 cm³/mol. The molecule has 1 saturated carbocycles. The van der Waals surface area contributed by atoms with Gasteiger partial charge in [-0.1, -0.05) is 101 Å². The second kappa shape index (κ2) is 15.8. The van der Waals surface area contributed by atoms with E-state index >= 15 is 0 Å². The number of halogens is 2. The molecule has 47 heavy (non-hydrogen) atoms. The number of hydrogen-bond donors (Lipinski definition) is 1. The maximum atomic E-state index is 14.6. The molecule has 0 radical (unpaired) electrons. The first kappa shape index (κ1) is 34.5. The molecule has 0 spiro atoms. The molecule has 1 atom stereocenters. The van der Waals surface area contributed by atoms with Crippen molar-refractivity contribution in [3.8, 4) is 5.75 Å². The van der Waals surface area contributed by atoms with E-state index in [1.54, 1.807) is 30.3 Å². The lowest BCUT2D eigenvalue weighted by Crippen LogP contribution is -2.54. The molecule has 0 aromatic heterocycles. The Kier molecular flexibility index (Phi) is 11.6. The van der Waals surface area contributed by atoms with Gasteiger partial charge in [0.25, 0.3) is 10.0 Å². The Morgan fingerprint density at radius 2 is 1.57 bits per heavy atom. The Labute approximate surface area is 289 Å². The fraction of sp³-hybridized carbons (Fsp3) is 0.278. The Hall–Kier alpha value is -3.86. The van der Waals surface area contributed by atoms with Crippen LogP contribution in [0.15, 0.2) is 112 Å². The first-order valence-electron chi connectivity index (χ1n) is 15.5. The smallest absolute Gasteiger partial charge is 0.264 e. The SMILES string of the molecule is COc1ccc(N(CC(=O)N(Cc2cccc(Br)c2)C(Cc2ccccc2)C(=O)NC2CCCC2)S(=O)(=O)c2ccccc2)cc1Cl. The molecule has 4 aromatic rings. The van der Waals surface area contributed by atoms with E-state index in [0.717, 1.165) is 45.6 Å². The van der Waals surface area contributed by atoms with Crippen LogP contribution in [0, 0.1) is 0 Å². The fourth-order valence-electron chi connectivity index (χ4n) is 5.81. The number of hydrogen-bond acceptors (Lipinski definition) is 5. The second-order valence-electron chi connectivity index (χ2n) is 11.5. The minimum atomic E-state index is -4.24. The van der Waals surface area contributed by atoms with E-state index in [2.05, 4.69) is 21.2 Å². The highest BCUT2D eigenvalue weighted by atomic mass is 79.9. The van der Waals surface area contributed by atoms with Crippen LogP contribution in [0.25, 0.3) is 0 Å². The third-order valence-electron chi connectivity index (χ3n) is 8.25. The number of nitrogens with one attached hydrogen (secondary N) is 1. The van der Waals surface area contributed by atoms with Crippen molar-refractivity contribution in [2.24, 2.45) is 0 Å². The lowest BCUT2D eigenvalue weighted by Gasteiger charge is -2.34. The molecule has 1 aliphatic rings. The Morgan fingerprint density at radius 3 is 2.21 bits per heavy atom. The zero-order chi connectivity index (χ0) is 33.4. The van der Waals surface area contributed by atoms with E-state index in [1.807, 2.05) is 54.6 Å². The summed E-state index contributed by atoms with van der Waals surface area (Å²) in [7, 11) is -2.78. The Morgan fingerprint density at radius 1 is 0.915 bits per heavy atom. The maximum Gasteiger partial charge on any atom is 0.264 e. The molecule has 1 N–H and O–H groups in total. The van der Waals surface area contributed by atoms with Crippen LogP contribution in [-0.2, 0) is 32.6 Å². The van der Waals surface area contributed by atoms with E-state index in [4.69, 9.17) is 16.3 Å². The topological polar surface area (TPSA) is 96.0 Å². The minimum absolute atomic E-state index is 0.0121. The molecule has 1 aliphatic carbocycles. The van der Waals surface area contributed by atoms with Gasteiger partial charge in [-0.15, -0.1) is 0 Å². The third kappa shape index (κ3) is 8.74. The van der Waals surface area contributed by atoms with Crippen LogP contribution in [0.5, 0.6) is 5.75 Å². The van der Waals surface area contributed by atoms with E-state index in [-0.39, 0.29) is 40.5 Å². The van der Waals surface area contributed by atoms with E-state index in [9.17, 15) is 18.0 Å². The molecule has 4 aromatic carbocycles. The number of sulfonamides is 1. The lowest BCUT2D eigenvalue weighted by molar-refractivity contribution is -0.140. The van der Waals surface area contributed by atoms with Gasteiger partial charge in [0, 0.05) is 23.5 Å². The van der Waals surface area contributed by atoms with Crippen LogP contribution >= 0.6 is 27.5 Å². The number of benzene rings is 4. The molecule has 5 rings (SSSR count). The highest BCUT2D eigenvalue weighted by Gasteiger charge is 2.35. The summed E-state index contributed by atoms with van der Waals surface area (Å²) >= 11 is 9.97. The molecule has 1 fully saturated rings. The molecule has 246 valence electrons. The van der Waals surface area contributed by atoms with Crippen LogP contribution in [-0.4, -0.2) is 50.9 Å². The number of methoxy groups -OCH3 is 1. The van der Waals surface area contributed by atoms with Gasteiger partial charge in [0.15, 0.2) is 0 Å². The second-order valence-corrected chi connectivity index (χ2v) is 14.7. The summed E-state index contributed by atoms with van der Waals surface area (Å²) in [5.74, 6) is -0.449. The molecule has 0 bridgehead atoms. The van der Waals surface area contributed by atoms with Crippen molar-refractivity contribution in [3.63, 3.8) is 0 Å². The van der Waals surface area contributed by atoms with Crippen LogP contribution in [0.1, 0.15) is 36.8 Å². The van der Waals surface area contributed by atoms with Gasteiger partial charge in [0.2, 0.25) is 11.8 Å². The average Bonchev–Trinajstić information content (AvgIpc) is 3.59. The summed E-state index contributed by atoms with van der Waals surface area (Å²) in [5, 5.41) is 3.38. The predicted octanol–water partition coefficient (Wildman–Crippen LogP) is 7.01. The molecular weight excluding hydrogens is 702 g/mol. The molecule has 8 nitrogen and oxygen atoms in total. The van der Waals surface area contributed by atoms with Crippen molar-refractivity contribution in [1.82, 2.24) is 10.2 Å². The summed E-state index contributed by atoms with van der Waals surface area (Å²) in [4.78, 5) is 30.3. The number of rotatable bonds is 13. The summed E-state index contributed by atoms with van der Waals surface area (Å²) in [6.07, 6.45) is 4.08. The molecule has 0 heterocycles. The van der Waals surface area contributed by atoms with Crippen molar-refractivity contribution >= 4 is 55.1 Å². The molecule has 2 amide bonds. The van der Waals surface area contributed by atoms with Gasteiger partial charge < -0.3 is 15.0 Å². The number of carbonyl (C=O) groups is 2. The van der Waals surface area contributed by atoms with Gasteiger partial charge in [-0.3, -0.25) is 13.9 Å². The van der Waals surface area contributed by atoms with Crippen LogP contribution in [0.4, 0.5) is 5.69 Å². The molecule has 0 aliphatic heterocycles. The zero-order valence-corrected chi connectivity index (χ0v) is 29.2. The molecular formula is C36H37BrClN3O5S. The van der Waals surface area contributed by atoms with Gasteiger partial charge in [0.1, 0.15) is 18.3 Å². The van der Waals surface area contributed by atoms with Gasteiger partial charge >= 0.3 is 0 Å². The number of carbonyl (C=O) groups excluding carboxylic acids is 2. The normalized spacial score (nSPS) is 13.9. The number of nitrogens with zero attached hydrogens (tertiary/aromatic N) is 2. The van der Waals surface area contributed by atoms with Crippen molar-refractivity contribution in [3.05, 3.63) is 124 Å².